The monoisotopic (exact) mass is 262 g/mol. The summed E-state index contributed by atoms with van der Waals surface area (Å²) in [6.07, 6.45) is 1.93. The largest absolute Gasteiger partial charge is 0.353 e. The van der Waals surface area contributed by atoms with E-state index in [0.717, 1.165) is 45.1 Å². The average Bonchev–Trinajstić information content (AvgIpc) is 2.46. The minimum absolute atomic E-state index is 0.161. The van der Waals surface area contributed by atoms with Gasteiger partial charge in [-0.25, -0.2) is 4.98 Å². The van der Waals surface area contributed by atoms with Crippen molar-refractivity contribution >= 4 is 11.7 Å². The molecule has 1 aliphatic heterocycles. The predicted octanol–water partition coefficient (Wildman–Crippen LogP) is 0.860. The van der Waals surface area contributed by atoms with Crippen LogP contribution in [0.25, 0.3) is 0 Å². The molecular weight excluding hydrogens is 240 g/mol. The maximum absolute atomic E-state index is 11.3. The van der Waals surface area contributed by atoms with Crippen molar-refractivity contribution in [3.05, 3.63) is 23.9 Å². The van der Waals surface area contributed by atoms with Gasteiger partial charge in [-0.1, -0.05) is 13.0 Å². The number of carbonyl (C=O) groups is 1. The zero-order valence-electron chi connectivity index (χ0n) is 11.7. The zero-order valence-corrected chi connectivity index (χ0v) is 11.7. The third kappa shape index (κ3) is 3.67. The summed E-state index contributed by atoms with van der Waals surface area (Å²) in [7, 11) is 0. The first-order chi connectivity index (χ1) is 9.20. The number of anilines is 1. The van der Waals surface area contributed by atoms with E-state index < -0.39 is 0 Å². The number of piperazine rings is 1. The molecule has 0 radical (unpaired) electrons. The first-order valence-electron chi connectivity index (χ1n) is 6.87. The maximum atomic E-state index is 11.3. The van der Waals surface area contributed by atoms with Gasteiger partial charge in [0.1, 0.15) is 5.82 Å². The van der Waals surface area contributed by atoms with Crippen molar-refractivity contribution in [3.8, 4) is 0 Å². The molecule has 0 atom stereocenters. The smallest absolute Gasteiger partial charge is 0.219 e. The van der Waals surface area contributed by atoms with Crippen molar-refractivity contribution in [1.82, 2.24) is 15.2 Å². The molecule has 0 saturated carbocycles. The van der Waals surface area contributed by atoms with Gasteiger partial charge in [0.15, 0.2) is 0 Å². The molecule has 0 aromatic carbocycles. The number of nitrogens with one attached hydrogen (secondary N) is 1. The minimum atomic E-state index is 0.161. The van der Waals surface area contributed by atoms with E-state index >= 15 is 0 Å². The molecule has 1 amide bonds. The zero-order chi connectivity index (χ0) is 13.7. The van der Waals surface area contributed by atoms with E-state index in [9.17, 15) is 4.79 Å². The third-order valence-corrected chi connectivity index (χ3v) is 3.44. The van der Waals surface area contributed by atoms with E-state index in [1.165, 1.54) is 5.56 Å². The van der Waals surface area contributed by atoms with Crippen molar-refractivity contribution in [2.75, 3.05) is 37.6 Å². The van der Waals surface area contributed by atoms with Crippen molar-refractivity contribution in [2.24, 2.45) is 0 Å². The summed E-state index contributed by atoms with van der Waals surface area (Å²) in [5, 5.41) is 3.28. The summed E-state index contributed by atoms with van der Waals surface area (Å²) in [4.78, 5) is 19.9. The second kappa shape index (κ2) is 6.52. The van der Waals surface area contributed by atoms with Crippen molar-refractivity contribution in [2.45, 2.75) is 20.4 Å². The molecule has 1 aromatic heterocycles. The van der Waals surface area contributed by atoms with Crippen LogP contribution < -0.4 is 10.2 Å². The number of nitrogens with zero attached hydrogens (tertiary/aromatic N) is 3. The lowest BCUT2D eigenvalue weighted by atomic mass is 10.2. The van der Waals surface area contributed by atoms with Crippen LogP contribution in [0.1, 0.15) is 19.4 Å². The third-order valence-electron chi connectivity index (χ3n) is 3.44. The molecule has 2 heterocycles. The fraction of sp³-hybridized carbons (Fsp3) is 0.571. The highest BCUT2D eigenvalue weighted by Gasteiger charge is 2.19. The fourth-order valence-corrected chi connectivity index (χ4v) is 2.23. The Kier molecular flexibility index (Phi) is 4.74. The highest BCUT2D eigenvalue weighted by molar-refractivity contribution is 5.73. The normalized spacial score (nSPS) is 15.7. The Labute approximate surface area is 114 Å². The van der Waals surface area contributed by atoms with Crippen molar-refractivity contribution in [1.29, 1.82) is 0 Å². The molecule has 2 rings (SSSR count). The van der Waals surface area contributed by atoms with Crippen LogP contribution in [-0.2, 0) is 11.3 Å². The second-order valence-corrected chi connectivity index (χ2v) is 4.80. The van der Waals surface area contributed by atoms with Crippen LogP contribution in [0.5, 0.6) is 0 Å². The minimum Gasteiger partial charge on any atom is -0.353 e. The van der Waals surface area contributed by atoms with Gasteiger partial charge in [0.25, 0.3) is 0 Å². The lowest BCUT2D eigenvalue weighted by molar-refractivity contribution is -0.129. The number of carbonyl (C=O) groups excluding carboxylic acids is 1. The van der Waals surface area contributed by atoms with Crippen LogP contribution in [-0.4, -0.2) is 48.5 Å². The summed E-state index contributed by atoms with van der Waals surface area (Å²) in [6.45, 7) is 8.85. The molecule has 1 aliphatic rings. The van der Waals surface area contributed by atoms with E-state index in [2.05, 4.69) is 34.3 Å². The van der Waals surface area contributed by atoms with Crippen molar-refractivity contribution in [3.63, 3.8) is 0 Å². The predicted molar refractivity (Wildman–Crippen MR) is 76.1 cm³/mol. The standard InChI is InChI=1S/C14H22N4O/c1-3-15-10-13-4-5-14(16-11-13)18-8-6-17(7-9-18)12(2)19/h4-5,11,15H,3,6-10H2,1-2H3. The van der Waals surface area contributed by atoms with Gasteiger partial charge in [-0.15, -0.1) is 0 Å². The summed E-state index contributed by atoms with van der Waals surface area (Å²) in [6, 6.07) is 4.18. The number of pyridine rings is 1. The molecule has 1 saturated heterocycles. The maximum Gasteiger partial charge on any atom is 0.219 e. The lowest BCUT2D eigenvalue weighted by Crippen LogP contribution is -2.48. The molecule has 1 N–H and O–H groups in total. The molecular formula is C14H22N4O. The molecule has 0 bridgehead atoms. The molecule has 1 aromatic rings. The Hall–Kier alpha value is -1.62. The van der Waals surface area contributed by atoms with E-state index in [-0.39, 0.29) is 5.91 Å². The molecule has 5 nitrogen and oxygen atoms in total. The highest BCUT2D eigenvalue weighted by Crippen LogP contribution is 2.14. The van der Waals surface area contributed by atoms with Crippen LogP contribution in [0.4, 0.5) is 5.82 Å². The molecule has 0 aliphatic carbocycles. The van der Waals surface area contributed by atoms with Crippen LogP contribution >= 0.6 is 0 Å². The second-order valence-electron chi connectivity index (χ2n) is 4.80. The quantitative estimate of drug-likeness (QED) is 0.874. The number of amides is 1. The Morgan fingerprint density at radius 1 is 1.32 bits per heavy atom. The molecule has 0 unspecified atom stereocenters. The van der Waals surface area contributed by atoms with Crippen molar-refractivity contribution < 1.29 is 4.79 Å². The Bertz CT molecular complexity index is 410. The summed E-state index contributed by atoms with van der Waals surface area (Å²) < 4.78 is 0. The number of aromatic nitrogens is 1. The molecule has 5 heteroatoms. The van der Waals surface area contributed by atoms with E-state index in [1.54, 1.807) is 6.92 Å². The molecule has 104 valence electrons. The van der Waals surface area contributed by atoms with Gasteiger partial charge >= 0.3 is 0 Å². The topological polar surface area (TPSA) is 48.5 Å². The highest BCUT2D eigenvalue weighted by atomic mass is 16.2. The van der Waals surface area contributed by atoms with E-state index in [0.29, 0.717) is 0 Å². The first-order valence-corrected chi connectivity index (χ1v) is 6.87. The first kappa shape index (κ1) is 13.8. The van der Waals surface area contributed by atoms with E-state index in [4.69, 9.17) is 0 Å². The van der Waals surface area contributed by atoms with Gasteiger partial charge in [0, 0.05) is 45.8 Å². The number of hydrogen-bond acceptors (Lipinski definition) is 4. The summed E-state index contributed by atoms with van der Waals surface area (Å²) in [5.74, 6) is 1.16. The van der Waals surface area contributed by atoms with Crippen LogP contribution in [0.3, 0.4) is 0 Å². The van der Waals surface area contributed by atoms with Gasteiger partial charge in [0.2, 0.25) is 5.91 Å². The Morgan fingerprint density at radius 2 is 2.05 bits per heavy atom. The Morgan fingerprint density at radius 3 is 2.58 bits per heavy atom. The van der Waals surface area contributed by atoms with Gasteiger partial charge in [-0.2, -0.15) is 0 Å². The summed E-state index contributed by atoms with van der Waals surface area (Å²) in [5.41, 5.74) is 1.20. The lowest BCUT2D eigenvalue weighted by Gasteiger charge is -2.34. The SMILES string of the molecule is CCNCc1ccc(N2CCN(C(C)=O)CC2)nc1. The van der Waals surface area contributed by atoms with Gasteiger partial charge in [-0.05, 0) is 18.2 Å². The summed E-state index contributed by atoms with van der Waals surface area (Å²) >= 11 is 0. The van der Waals surface area contributed by atoms with Gasteiger partial charge in [-0.3, -0.25) is 4.79 Å². The molecule has 0 spiro atoms. The van der Waals surface area contributed by atoms with Crippen LogP contribution in [0.2, 0.25) is 0 Å². The molecule has 19 heavy (non-hydrogen) atoms. The molecule has 1 fully saturated rings. The fourth-order valence-electron chi connectivity index (χ4n) is 2.23. The average molecular weight is 262 g/mol. The van der Waals surface area contributed by atoms with Gasteiger partial charge < -0.3 is 15.1 Å². The van der Waals surface area contributed by atoms with E-state index in [1.807, 2.05) is 11.1 Å². The van der Waals surface area contributed by atoms with Crippen LogP contribution in [0.15, 0.2) is 18.3 Å². The number of hydrogen-bond donors (Lipinski definition) is 1. The number of rotatable bonds is 4. The van der Waals surface area contributed by atoms with Crippen LogP contribution in [0, 0.1) is 0 Å². The van der Waals surface area contributed by atoms with Gasteiger partial charge in [0.05, 0.1) is 0 Å². The Balaban J connectivity index is 1.90.